The molecule has 1 atom stereocenters. The van der Waals surface area contributed by atoms with Crippen LogP contribution in [0.3, 0.4) is 0 Å². The summed E-state index contributed by atoms with van der Waals surface area (Å²) >= 11 is 9.33. The van der Waals surface area contributed by atoms with Crippen molar-refractivity contribution in [3.8, 4) is 11.4 Å². The molecule has 6 nitrogen and oxygen atoms in total. The van der Waals surface area contributed by atoms with Crippen molar-refractivity contribution >= 4 is 27.5 Å². The molecule has 1 aromatic carbocycles. The highest BCUT2D eigenvalue weighted by atomic mass is 79.9. The van der Waals surface area contributed by atoms with Gasteiger partial charge in [-0.3, -0.25) is 0 Å². The fraction of sp³-hybridized carbons (Fsp3) is 0.154. The molecule has 108 valence electrons. The maximum absolute atomic E-state index is 6.06. The Hall–Kier alpha value is -1.70. The number of benzene rings is 1. The van der Waals surface area contributed by atoms with Crippen molar-refractivity contribution in [2.45, 2.75) is 12.5 Å². The molecule has 21 heavy (non-hydrogen) atoms. The Balaban J connectivity index is 1.80. The molecule has 0 unspecified atom stereocenters. The summed E-state index contributed by atoms with van der Waals surface area (Å²) in [5.41, 5.74) is 7.77. The van der Waals surface area contributed by atoms with Gasteiger partial charge in [0.1, 0.15) is 0 Å². The number of imidazole rings is 1. The van der Waals surface area contributed by atoms with Crippen LogP contribution in [0.2, 0.25) is 5.02 Å². The minimum Gasteiger partial charge on any atom is -0.348 e. The van der Waals surface area contributed by atoms with Crippen LogP contribution in [0.5, 0.6) is 0 Å². The van der Waals surface area contributed by atoms with Gasteiger partial charge in [0.25, 0.3) is 0 Å². The highest BCUT2D eigenvalue weighted by Gasteiger charge is 2.17. The van der Waals surface area contributed by atoms with Crippen LogP contribution in [-0.4, -0.2) is 20.1 Å². The number of nitrogens with zero attached hydrogens (tertiary/aromatic N) is 3. The van der Waals surface area contributed by atoms with Crippen LogP contribution in [0.15, 0.2) is 39.7 Å². The SMILES string of the molecule is N[C@H](Cc1cnc[nH]1)c1nc(-c2ccc(Cl)c(Br)c2)no1. The van der Waals surface area contributed by atoms with Crippen molar-refractivity contribution in [1.29, 1.82) is 0 Å². The summed E-state index contributed by atoms with van der Waals surface area (Å²) in [7, 11) is 0. The van der Waals surface area contributed by atoms with Gasteiger partial charge in [-0.25, -0.2) is 4.98 Å². The van der Waals surface area contributed by atoms with Crippen molar-refractivity contribution in [2.24, 2.45) is 5.73 Å². The van der Waals surface area contributed by atoms with E-state index in [0.717, 1.165) is 15.7 Å². The Morgan fingerprint density at radius 3 is 3.00 bits per heavy atom. The first-order chi connectivity index (χ1) is 10.1. The van der Waals surface area contributed by atoms with Crippen molar-refractivity contribution in [3.63, 3.8) is 0 Å². The first kappa shape index (κ1) is 14.2. The quantitative estimate of drug-likeness (QED) is 0.738. The lowest BCUT2D eigenvalue weighted by molar-refractivity contribution is 0.354. The molecular weight excluding hydrogens is 358 g/mol. The largest absolute Gasteiger partial charge is 0.348 e. The lowest BCUT2D eigenvalue weighted by Crippen LogP contribution is -2.13. The van der Waals surface area contributed by atoms with E-state index in [9.17, 15) is 0 Å². The highest BCUT2D eigenvalue weighted by Crippen LogP contribution is 2.28. The van der Waals surface area contributed by atoms with Crippen molar-refractivity contribution < 1.29 is 4.52 Å². The normalized spacial score (nSPS) is 12.5. The number of H-pyrrole nitrogens is 1. The Kier molecular flexibility index (Phi) is 4.05. The van der Waals surface area contributed by atoms with Crippen LogP contribution in [0.4, 0.5) is 0 Å². The van der Waals surface area contributed by atoms with Gasteiger partial charge in [0.05, 0.1) is 17.4 Å². The Morgan fingerprint density at radius 2 is 2.29 bits per heavy atom. The summed E-state index contributed by atoms with van der Waals surface area (Å²) in [6.07, 6.45) is 3.87. The first-order valence-electron chi connectivity index (χ1n) is 6.15. The molecule has 3 aromatic rings. The molecule has 0 spiro atoms. The zero-order valence-electron chi connectivity index (χ0n) is 10.8. The number of hydrogen-bond donors (Lipinski definition) is 2. The van der Waals surface area contributed by atoms with Gasteiger partial charge in [0.2, 0.25) is 11.7 Å². The van der Waals surface area contributed by atoms with Crippen molar-refractivity contribution in [2.75, 3.05) is 0 Å². The number of aromatic nitrogens is 4. The highest BCUT2D eigenvalue weighted by molar-refractivity contribution is 9.10. The maximum atomic E-state index is 6.06. The zero-order chi connectivity index (χ0) is 14.8. The molecule has 0 fully saturated rings. The molecule has 0 bridgehead atoms. The lowest BCUT2D eigenvalue weighted by Gasteiger charge is -2.03. The van der Waals surface area contributed by atoms with E-state index in [1.165, 1.54) is 0 Å². The van der Waals surface area contributed by atoms with Gasteiger partial charge in [0.15, 0.2) is 0 Å². The second kappa shape index (κ2) is 5.97. The minimum atomic E-state index is -0.387. The molecule has 2 heterocycles. The molecule has 0 aliphatic heterocycles. The summed E-state index contributed by atoms with van der Waals surface area (Å²) in [4.78, 5) is 11.3. The smallest absolute Gasteiger partial charge is 0.244 e. The Bertz CT molecular complexity index is 743. The summed E-state index contributed by atoms with van der Waals surface area (Å²) < 4.78 is 6.00. The van der Waals surface area contributed by atoms with Gasteiger partial charge in [0, 0.05) is 28.3 Å². The van der Waals surface area contributed by atoms with Crippen LogP contribution >= 0.6 is 27.5 Å². The van der Waals surface area contributed by atoms with E-state index in [0.29, 0.717) is 23.2 Å². The van der Waals surface area contributed by atoms with Crippen LogP contribution in [-0.2, 0) is 6.42 Å². The predicted octanol–water partition coefficient (Wildman–Crippen LogP) is 3.12. The number of aromatic amines is 1. The molecule has 0 amide bonds. The summed E-state index contributed by atoms with van der Waals surface area (Å²) in [5, 5.41) is 4.58. The minimum absolute atomic E-state index is 0.380. The lowest BCUT2D eigenvalue weighted by atomic mass is 10.2. The number of nitrogens with two attached hydrogens (primary N) is 1. The molecule has 3 N–H and O–H groups in total. The second-order valence-corrected chi connectivity index (χ2v) is 5.73. The molecule has 2 aromatic heterocycles. The summed E-state index contributed by atoms with van der Waals surface area (Å²) in [6.45, 7) is 0. The van der Waals surface area contributed by atoms with E-state index >= 15 is 0 Å². The molecular formula is C13H11BrClN5O. The average Bonchev–Trinajstić information content (AvgIpc) is 3.12. The second-order valence-electron chi connectivity index (χ2n) is 4.47. The third-order valence-electron chi connectivity index (χ3n) is 2.93. The molecule has 8 heteroatoms. The van der Waals surface area contributed by atoms with E-state index in [2.05, 4.69) is 36.0 Å². The van der Waals surface area contributed by atoms with E-state index in [4.69, 9.17) is 21.9 Å². The van der Waals surface area contributed by atoms with E-state index in [1.807, 2.05) is 12.1 Å². The molecule has 0 radical (unpaired) electrons. The van der Waals surface area contributed by atoms with E-state index in [-0.39, 0.29) is 6.04 Å². The monoisotopic (exact) mass is 367 g/mol. The fourth-order valence-electron chi connectivity index (χ4n) is 1.86. The van der Waals surface area contributed by atoms with Gasteiger partial charge in [-0.15, -0.1) is 0 Å². The topological polar surface area (TPSA) is 93.6 Å². The Morgan fingerprint density at radius 1 is 1.43 bits per heavy atom. The molecule has 0 aliphatic rings. The molecule has 0 saturated carbocycles. The number of nitrogens with one attached hydrogen (secondary N) is 1. The molecule has 0 saturated heterocycles. The van der Waals surface area contributed by atoms with Crippen LogP contribution in [0.25, 0.3) is 11.4 Å². The third-order valence-corrected chi connectivity index (χ3v) is 4.15. The van der Waals surface area contributed by atoms with Crippen LogP contribution in [0, 0.1) is 0 Å². The number of hydrogen-bond acceptors (Lipinski definition) is 5. The third kappa shape index (κ3) is 3.15. The standard InChI is InChI=1S/C13H11BrClN5O/c14-9-3-7(1-2-10(9)15)12-19-13(21-20-12)11(16)4-8-5-17-6-18-8/h1-3,5-6,11H,4,16H2,(H,17,18)/t11-/m1/s1. The van der Waals surface area contributed by atoms with Crippen molar-refractivity contribution in [3.05, 3.63) is 51.8 Å². The molecule has 0 aliphatic carbocycles. The van der Waals surface area contributed by atoms with Gasteiger partial charge >= 0.3 is 0 Å². The van der Waals surface area contributed by atoms with Gasteiger partial charge in [-0.2, -0.15) is 4.98 Å². The summed E-state index contributed by atoms with van der Waals surface area (Å²) in [6, 6.07) is 5.03. The number of halogens is 2. The first-order valence-corrected chi connectivity index (χ1v) is 7.32. The van der Waals surface area contributed by atoms with E-state index < -0.39 is 0 Å². The van der Waals surface area contributed by atoms with Gasteiger partial charge in [-0.05, 0) is 34.1 Å². The maximum Gasteiger partial charge on any atom is 0.244 e. The summed E-state index contributed by atoms with van der Waals surface area (Å²) in [5.74, 6) is 0.855. The Labute approximate surface area is 133 Å². The van der Waals surface area contributed by atoms with E-state index in [1.54, 1.807) is 18.6 Å². The van der Waals surface area contributed by atoms with Crippen molar-refractivity contribution in [1.82, 2.24) is 20.1 Å². The fourth-order valence-corrected chi connectivity index (χ4v) is 2.36. The van der Waals surface area contributed by atoms with Gasteiger partial charge < -0.3 is 15.2 Å². The van der Waals surface area contributed by atoms with Gasteiger partial charge in [-0.1, -0.05) is 16.8 Å². The predicted molar refractivity (Wildman–Crippen MR) is 81.7 cm³/mol. The van der Waals surface area contributed by atoms with Crippen LogP contribution < -0.4 is 5.73 Å². The molecule has 3 rings (SSSR count). The van der Waals surface area contributed by atoms with Crippen LogP contribution in [0.1, 0.15) is 17.6 Å². The number of rotatable bonds is 4. The average molecular weight is 369 g/mol. The zero-order valence-corrected chi connectivity index (χ0v) is 13.1.